The van der Waals surface area contributed by atoms with Crippen molar-refractivity contribution < 1.29 is 0 Å². The Bertz CT molecular complexity index is 477. The van der Waals surface area contributed by atoms with Crippen molar-refractivity contribution in [1.82, 2.24) is 19.7 Å². The molecule has 2 rings (SSSR count). The first-order valence-corrected chi connectivity index (χ1v) is 5.94. The van der Waals surface area contributed by atoms with Crippen molar-refractivity contribution >= 4 is 5.95 Å². The van der Waals surface area contributed by atoms with Crippen LogP contribution in [0.1, 0.15) is 20.3 Å². The number of nitrogens with one attached hydrogen (secondary N) is 1. The maximum atomic E-state index is 4.46. The molecule has 0 aliphatic heterocycles. The minimum Gasteiger partial charge on any atom is -0.354 e. The van der Waals surface area contributed by atoms with Crippen molar-refractivity contribution in [2.75, 3.05) is 11.9 Å². The Labute approximate surface area is 101 Å². The van der Waals surface area contributed by atoms with E-state index in [1.54, 1.807) is 12.4 Å². The molecule has 5 nitrogen and oxygen atoms in total. The molecule has 0 saturated heterocycles. The normalized spacial score (nSPS) is 10.5. The molecule has 2 aromatic rings. The van der Waals surface area contributed by atoms with Gasteiger partial charge in [0.05, 0.1) is 11.4 Å². The summed E-state index contributed by atoms with van der Waals surface area (Å²) in [4.78, 5) is 8.63. The van der Waals surface area contributed by atoms with Gasteiger partial charge in [0.1, 0.15) is 0 Å². The van der Waals surface area contributed by atoms with Gasteiger partial charge in [-0.05, 0) is 25.5 Å². The van der Waals surface area contributed by atoms with E-state index in [1.165, 1.54) is 0 Å². The molecule has 2 aromatic heterocycles. The largest absolute Gasteiger partial charge is 0.354 e. The van der Waals surface area contributed by atoms with Gasteiger partial charge in [0.15, 0.2) is 0 Å². The maximum Gasteiger partial charge on any atom is 0.223 e. The van der Waals surface area contributed by atoms with Gasteiger partial charge in [0.2, 0.25) is 5.95 Å². The third-order valence-corrected chi connectivity index (χ3v) is 2.40. The highest BCUT2D eigenvalue weighted by molar-refractivity contribution is 5.55. The van der Waals surface area contributed by atoms with Gasteiger partial charge in [-0.15, -0.1) is 0 Å². The second-order valence-corrected chi connectivity index (χ2v) is 3.74. The molecule has 0 atom stereocenters. The van der Waals surface area contributed by atoms with Crippen molar-refractivity contribution in [1.29, 1.82) is 0 Å². The van der Waals surface area contributed by atoms with Crippen molar-refractivity contribution in [3.63, 3.8) is 0 Å². The summed E-state index contributed by atoms with van der Waals surface area (Å²) in [5.74, 6) is 0.661. The van der Waals surface area contributed by atoms with Crippen LogP contribution in [0.2, 0.25) is 0 Å². The van der Waals surface area contributed by atoms with Gasteiger partial charge in [-0.2, -0.15) is 5.10 Å². The summed E-state index contributed by atoms with van der Waals surface area (Å²) in [7, 11) is 0. The van der Waals surface area contributed by atoms with E-state index in [9.17, 15) is 0 Å². The molecule has 0 aliphatic carbocycles. The molecule has 1 N–H and O–H groups in total. The van der Waals surface area contributed by atoms with E-state index < -0.39 is 0 Å². The molecule has 0 saturated carbocycles. The van der Waals surface area contributed by atoms with Crippen LogP contribution in [0.4, 0.5) is 5.95 Å². The Morgan fingerprint density at radius 3 is 2.88 bits per heavy atom. The topological polar surface area (TPSA) is 55.6 Å². The van der Waals surface area contributed by atoms with Crippen molar-refractivity contribution in [3.05, 3.63) is 24.5 Å². The molecule has 0 aliphatic rings. The number of aryl methyl sites for hydroxylation is 1. The van der Waals surface area contributed by atoms with Crippen LogP contribution >= 0.6 is 0 Å². The molecule has 17 heavy (non-hydrogen) atoms. The van der Waals surface area contributed by atoms with Gasteiger partial charge in [-0.1, -0.05) is 6.92 Å². The average Bonchev–Trinajstić information content (AvgIpc) is 2.79. The molecular formula is C12H17N5. The molecule has 0 bridgehead atoms. The molecule has 0 spiro atoms. The predicted molar refractivity (Wildman–Crippen MR) is 67.7 cm³/mol. The fourth-order valence-corrected chi connectivity index (χ4v) is 1.68. The second-order valence-electron chi connectivity index (χ2n) is 3.74. The number of nitrogens with zero attached hydrogens (tertiary/aromatic N) is 4. The summed E-state index contributed by atoms with van der Waals surface area (Å²) < 4.78 is 1.97. The lowest BCUT2D eigenvalue weighted by molar-refractivity contribution is 0.608. The number of hydrogen-bond donors (Lipinski definition) is 1. The summed E-state index contributed by atoms with van der Waals surface area (Å²) >= 11 is 0. The molecule has 5 heteroatoms. The zero-order valence-corrected chi connectivity index (χ0v) is 10.2. The SMILES string of the molecule is CCCn1nccc1-c1ccnc(NCC)n1. The third-order valence-electron chi connectivity index (χ3n) is 2.40. The molecule has 90 valence electrons. The Kier molecular flexibility index (Phi) is 3.69. The standard InChI is InChI=1S/C12H17N5/c1-3-9-17-11(6-8-15-17)10-5-7-14-12(16-10)13-4-2/h5-8H,3-4,9H2,1-2H3,(H,13,14,16). The van der Waals surface area contributed by atoms with Gasteiger partial charge >= 0.3 is 0 Å². The highest BCUT2D eigenvalue weighted by atomic mass is 15.3. The van der Waals surface area contributed by atoms with Crippen LogP contribution in [0.15, 0.2) is 24.5 Å². The van der Waals surface area contributed by atoms with Crippen LogP contribution in [0.25, 0.3) is 11.4 Å². The van der Waals surface area contributed by atoms with Gasteiger partial charge in [0.25, 0.3) is 0 Å². The Morgan fingerprint density at radius 1 is 1.24 bits per heavy atom. The van der Waals surface area contributed by atoms with E-state index in [0.29, 0.717) is 5.95 Å². The first-order valence-electron chi connectivity index (χ1n) is 5.94. The van der Waals surface area contributed by atoms with Crippen LogP contribution in [0.3, 0.4) is 0 Å². The summed E-state index contributed by atoms with van der Waals surface area (Å²) in [6.07, 6.45) is 4.63. The summed E-state index contributed by atoms with van der Waals surface area (Å²) in [5, 5.41) is 7.40. The first-order chi connectivity index (χ1) is 8.35. The van der Waals surface area contributed by atoms with Crippen molar-refractivity contribution in [2.45, 2.75) is 26.8 Å². The Hall–Kier alpha value is -1.91. The molecular weight excluding hydrogens is 214 g/mol. The molecule has 2 heterocycles. The molecule has 0 unspecified atom stereocenters. The highest BCUT2D eigenvalue weighted by Crippen LogP contribution is 2.17. The fourth-order valence-electron chi connectivity index (χ4n) is 1.68. The Morgan fingerprint density at radius 2 is 2.12 bits per heavy atom. The van der Waals surface area contributed by atoms with Crippen LogP contribution in [0.5, 0.6) is 0 Å². The summed E-state index contributed by atoms with van der Waals surface area (Å²) in [6.45, 7) is 5.88. The minimum absolute atomic E-state index is 0.661. The van der Waals surface area contributed by atoms with E-state index in [2.05, 4.69) is 27.3 Å². The quantitative estimate of drug-likeness (QED) is 0.857. The van der Waals surface area contributed by atoms with E-state index in [-0.39, 0.29) is 0 Å². The van der Waals surface area contributed by atoms with Crippen molar-refractivity contribution in [2.24, 2.45) is 0 Å². The molecule has 0 radical (unpaired) electrons. The average molecular weight is 231 g/mol. The Balaban J connectivity index is 2.31. The maximum absolute atomic E-state index is 4.46. The van der Waals surface area contributed by atoms with Gasteiger partial charge in [-0.25, -0.2) is 9.97 Å². The first kappa shape index (κ1) is 11.6. The number of aromatic nitrogens is 4. The van der Waals surface area contributed by atoms with Crippen LogP contribution in [-0.2, 0) is 6.54 Å². The highest BCUT2D eigenvalue weighted by Gasteiger charge is 2.07. The third kappa shape index (κ3) is 2.61. The lowest BCUT2D eigenvalue weighted by atomic mass is 10.3. The van der Waals surface area contributed by atoms with E-state index in [1.807, 2.05) is 23.7 Å². The second kappa shape index (κ2) is 5.43. The number of anilines is 1. The smallest absolute Gasteiger partial charge is 0.223 e. The van der Waals surface area contributed by atoms with Gasteiger partial charge in [-0.3, -0.25) is 4.68 Å². The molecule has 0 fully saturated rings. The van der Waals surface area contributed by atoms with Crippen molar-refractivity contribution in [3.8, 4) is 11.4 Å². The molecule has 0 amide bonds. The monoisotopic (exact) mass is 231 g/mol. The van der Waals surface area contributed by atoms with Crippen LogP contribution < -0.4 is 5.32 Å². The fraction of sp³-hybridized carbons (Fsp3) is 0.417. The van der Waals surface area contributed by atoms with Gasteiger partial charge < -0.3 is 5.32 Å². The van der Waals surface area contributed by atoms with E-state index in [4.69, 9.17) is 0 Å². The van der Waals surface area contributed by atoms with Crippen LogP contribution in [0, 0.1) is 0 Å². The lowest BCUT2D eigenvalue weighted by Gasteiger charge is -2.07. The number of rotatable bonds is 5. The molecule has 0 aromatic carbocycles. The zero-order valence-electron chi connectivity index (χ0n) is 10.2. The van der Waals surface area contributed by atoms with E-state index in [0.717, 1.165) is 30.9 Å². The van der Waals surface area contributed by atoms with Crippen LogP contribution in [-0.4, -0.2) is 26.3 Å². The lowest BCUT2D eigenvalue weighted by Crippen LogP contribution is -2.05. The summed E-state index contributed by atoms with van der Waals surface area (Å²) in [6, 6.07) is 3.89. The summed E-state index contributed by atoms with van der Waals surface area (Å²) in [5.41, 5.74) is 1.94. The minimum atomic E-state index is 0.661. The zero-order chi connectivity index (χ0) is 12.1. The number of hydrogen-bond acceptors (Lipinski definition) is 4. The predicted octanol–water partition coefficient (Wildman–Crippen LogP) is 2.18. The van der Waals surface area contributed by atoms with E-state index >= 15 is 0 Å². The van der Waals surface area contributed by atoms with Gasteiger partial charge in [0, 0.05) is 25.5 Å².